The van der Waals surface area contributed by atoms with Crippen LogP contribution in [-0.2, 0) is 0 Å². The molecule has 0 aromatic heterocycles. The van der Waals surface area contributed by atoms with Gasteiger partial charge in [0.15, 0.2) is 0 Å². The Morgan fingerprint density at radius 2 is 2.31 bits per heavy atom. The summed E-state index contributed by atoms with van der Waals surface area (Å²) < 4.78 is 1.16. The number of benzene rings is 1. The van der Waals surface area contributed by atoms with Gasteiger partial charge in [0.2, 0.25) is 0 Å². The van der Waals surface area contributed by atoms with E-state index in [4.69, 9.17) is 5.73 Å². The standard InChI is InChI=1S/C13H19BrN2/c1-10-9-11(14)4-5-13(10)16-8-2-3-12(16)6-7-15/h4-5,9,12H,2-3,6-8,15H2,1H3. The highest BCUT2D eigenvalue weighted by Gasteiger charge is 2.24. The first-order valence-corrected chi connectivity index (χ1v) is 6.74. The van der Waals surface area contributed by atoms with E-state index < -0.39 is 0 Å². The van der Waals surface area contributed by atoms with Gasteiger partial charge in [-0.2, -0.15) is 0 Å². The zero-order valence-electron chi connectivity index (χ0n) is 9.75. The van der Waals surface area contributed by atoms with Crippen LogP contribution in [0.3, 0.4) is 0 Å². The zero-order valence-corrected chi connectivity index (χ0v) is 11.3. The van der Waals surface area contributed by atoms with Gasteiger partial charge in [-0.1, -0.05) is 15.9 Å². The van der Waals surface area contributed by atoms with Gasteiger partial charge >= 0.3 is 0 Å². The number of nitrogens with two attached hydrogens (primary N) is 1. The molecule has 0 saturated carbocycles. The molecule has 0 radical (unpaired) electrons. The second-order valence-electron chi connectivity index (χ2n) is 4.50. The summed E-state index contributed by atoms with van der Waals surface area (Å²) in [5.41, 5.74) is 8.40. The van der Waals surface area contributed by atoms with Gasteiger partial charge < -0.3 is 10.6 Å². The van der Waals surface area contributed by atoms with Crippen molar-refractivity contribution in [3.8, 4) is 0 Å². The Balaban J connectivity index is 2.22. The van der Waals surface area contributed by atoms with Crippen LogP contribution >= 0.6 is 15.9 Å². The molecule has 0 bridgehead atoms. The first-order chi connectivity index (χ1) is 7.72. The van der Waals surface area contributed by atoms with Gasteiger partial charge in [0, 0.05) is 22.7 Å². The van der Waals surface area contributed by atoms with E-state index in [9.17, 15) is 0 Å². The minimum atomic E-state index is 0.643. The minimum absolute atomic E-state index is 0.643. The molecule has 1 fully saturated rings. The Kier molecular flexibility index (Phi) is 3.87. The lowest BCUT2D eigenvalue weighted by molar-refractivity contribution is 0.618. The van der Waals surface area contributed by atoms with Crippen LogP contribution in [0.5, 0.6) is 0 Å². The molecular weight excluding hydrogens is 264 g/mol. The van der Waals surface area contributed by atoms with E-state index in [2.05, 4.69) is 46.0 Å². The highest BCUT2D eigenvalue weighted by Crippen LogP contribution is 2.31. The highest BCUT2D eigenvalue weighted by atomic mass is 79.9. The fourth-order valence-electron chi connectivity index (χ4n) is 2.59. The van der Waals surface area contributed by atoms with E-state index in [1.165, 1.54) is 30.6 Å². The third-order valence-electron chi connectivity index (χ3n) is 3.35. The molecule has 1 aromatic rings. The van der Waals surface area contributed by atoms with Crippen molar-refractivity contribution in [1.82, 2.24) is 0 Å². The first kappa shape index (κ1) is 11.9. The van der Waals surface area contributed by atoms with Gasteiger partial charge in [0.05, 0.1) is 0 Å². The summed E-state index contributed by atoms with van der Waals surface area (Å²) in [6, 6.07) is 7.17. The van der Waals surface area contributed by atoms with E-state index in [0.29, 0.717) is 6.04 Å². The Bertz CT molecular complexity index is 365. The van der Waals surface area contributed by atoms with E-state index in [1.807, 2.05) is 0 Å². The number of rotatable bonds is 3. The summed E-state index contributed by atoms with van der Waals surface area (Å²) in [4.78, 5) is 2.52. The van der Waals surface area contributed by atoms with Crippen molar-refractivity contribution in [2.24, 2.45) is 5.73 Å². The Morgan fingerprint density at radius 3 is 3.00 bits per heavy atom. The lowest BCUT2D eigenvalue weighted by Crippen LogP contribution is -2.31. The molecule has 1 aliphatic rings. The number of aryl methyl sites for hydroxylation is 1. The van der Waals surface area contributed by atoms with Crippen molar-refractivity contribution in [3.05, 3.63) is 28.2 Å². The average molecular weight is 283 g/mol. The average Bonchev–Trinajstić information content (AvgIpc) is 2.67. The summed E-state index contributed by atoms with van der Waals surface area (Å²) in [5.74, 6) is 0. The van der Waals surface area contributed by atoms with E-state index in [0.717, 1.165) is 17.4 Å². The summed E-state index contributed by atoms with van der Waals surface area (Å²) in [7, 11) is 0. The minimum Gasteiger partial charge on any atom is -0.368 e. The summed E-state index contributed by atoms with van der Waals surface area (Å²) >= 11 is 3.51. The molecular formula is C13H19BrN2. The molecule has 1 heterocycles. The van der Waals surface area contributed by atoms with Crippen LogP contribution in [-0.4, -0.2) is 19.1 Å². The Labute approximate surface area is 106 Å². The van der Waals surface area contributed by atoms with Crippen LogP contribution in [0.1, 0.15) is 24.8 Å². The third-order valence-corrected chi connectivity index (χ3v) is 3.84. The summed E-state index contributed by atoms with van der Waals surface area (Å²) in [6.45, 7) is 4.14. The quantitative estimate of drug-likeness (QED) is 0.923. The second-order valence-corrected chi connectivity index (χ2v) is 5.41. The SMILES string of the molecule is Cc1cc(Br)ccc1N1CCCC1CCN. The fraction of sp³-hybridized carbons (Fsp3) is 0.538. The van der Waals surface area contributed by atoms with Crippen LogP contribution in [0, 0.1) is 6.92 Å². The predicted molar refractivity (Wildman–Crippen MR) is 72.9 cm³/mol. The normalized spacial score (nSPS) is 20.4. The lowest BCUT2D eigenvalue weighted by Gasteiger charge is -2.28. The number of hydrogen-bond acceptors (Lipinski definition) is 2. The van der Waals surface area contributed by atoms with Crippen LogP contribution in [0.25, 0.3) is 0 Å². The largest absolute Gasteiger partial charge is 0.368 e. The van der Waals surface area contributed by atoms with Gasteiger partial charge in [-0.3, -0.25) is 0 Å². The predicted octanol–water partition coefficient (Wildman–Crippen LogP) is 3.08. The number of halogens is 1. The van der Waals surface area contributed by atoms with Crippen LogP contribution in [0.15, 0.2) is 22.7 Å². The lowest BCUT2D eigenvalue weighted by atomic mass is 10.1. The van der Waals surface area contributed by atoms with Crippen molar-refractivity contribution >= 4 is 21.6 Å². The molecule has 1 aromatic carbocycles. The van der Waals surface area contributed by atoms with Crippen molar-refractivity contribution in [2.75, 3.05) is 18.0 Å². The molecule has 1 saturated heterocycles. The molecule has 2 nitrogen and oxygen atoms in total. The van der Waals surface area contributed by atoms with Gasteiger partial charge in [-0.05, 0) is 56.5 Å². The molecule has 1 atom stereocenters. The van der Waals surface area contributed by atoms with Gasteiger partial charge in [-0.15, -0.1) is 0 Å². The summed E-state index contributed by atoms with van der Waals surface area (Å²) in [5, 5.41) is 0. The number of hydrogen-bond donors (Lipinski definition) is 1. The molecule has 1 unspecified atom stereocenters. The molecule has 2 rings (SSSR count). The van der Waals surface area contributed by atoms with E-state index in [1.54, 1.807) is 0 Å². The molecule has 1 aliphatic heterocycles. The summed E-state index contributed by atoms with van der Waals surface area (Å²) in [6.07, 6.45) is 3.68. The second kappa shape index (κ2) is 5.19. The Morgan fingerprint density at radius 1 is 1.50 bits per heavy atom. The zero-order chi connectivity index (χ0) is 11.5. The van der Waals surface area contributed by atoms with Crippen molar-refractivity contribution in [1.29, 1.82) is 0 Å². The smallest absolute Gasteiger partial charge is 0.0399 e. The molecule has 0 aliphatic carbocycles. The van der Waals surface area contributed by atoms with Crippen molar-refractivity contribution in [2.45, 2.75) is 32.2 Å². The number of nitrogens with zero attached hydrogens (tertiary/aromatic N) is 1. The first-order valence-electron chi connectivity index (χ1n) is 5.95. The van der Waals surface area contributed by atoms with Gasteiger partial charge in [0.25, 0.3) is 0 Å². The van der Waals surface area contributed by atoms with Crippen LogP contribution < -0.4 is 10.6 Å². The van der Waals surface area contributed by atoms with E-state index in [-0.39, 0.29) is 0 Å². The third kappa shape index (κ3) is 2.41. The van der Waals surface area contributed by atoms with Crippen LogP contribution in [0.4, 0.5) is 5.69 Å². The monoisotopic (exact) mass is 282 g/mol. The maximum atomic E-state index is 5.68. The Hall–Kier alpha value is -0.540. The van der Waals surface area contributed by atoms with Gasteiger partial charge in [-0.25, -0.2) is 0 Å². The van der Waals surface area contributed by atoms with E-state index >= 15 is 0 Å². The van der Waals surface area contributed by atoms with Crippen molar-refractivity contribution < 1.29 is 0 Å². The maximum absolute atomic E-state index is 5.68. The molecule has 0 amide bonds. The van der Waals surface area contributed by atoms with Crippen LogP contribution in [0.2, 0.25) is 0 Å². The molecule has 2 N–H and O–H groups in total. The maximum Gasteiger partial charge on any atom is 0.0399 e. The van der Waals surface area contributed by atoms with Gasteiger partial charge in [0.1, 0.15) is 0 Å². The van der Waals surface area contributed by atoms with Crippen molar-refractivity contribution in [3.63, 3.8) is 0 Å². The molecule has 16 heavy (non-hydrogen) atoms. The number of anilines is 1. The topological polar surface area (TPSA) is 29.3 Å². The molecule has 88 valence electrons. The highest BCUT2D eigenvalue weighted by molar-refractivity contribution is 9.10. The molecule has 3 heteroatoms. The molecule has 0 spiro atoms. The fourth-order valence-corrected chi connectivity index (χ4v) is 3.06.